The SMILES string of the molecule is Cc1ccc(CN(C)S(=O)(=O)c2ccc(Cl)cc2)cc1. The molecule has 2 aromatic rings. The molecular weight excluding hydrogens is 294 g/mol. The predicted molar refractivity (Wildman–Crippen MR) is 81.3 cm³/mol. The summed E-state index contributed by atoms with van der Waals surface area (Å²) in [6.45, 7) is 2.34. The van der Waals surface area contributed by atoms with Crippen LogP contribution in [0.1, 0.15) is 11.1 Å². The van der Waals surface area contributed by atoms with Crippen molar-refractivity contribution in [3.63, 3.8) is 0 Å². The van der Waals surface area contributed by atoms with Crippen LogP contribution in [-0.2, 0) is 16.6 Å². The van der Waals surface area contributed by atoms with E-state index in [1.54, 1.807) is 19.2 Å². The summed E-state index contributed by atoms with van der Waals surface area (Å²) in [7, 11) is -1.92. The monoisotopic (exact) mass is 309 g/mol. The molecule has 0 aliphatic carbocycles. The molecule has 0 N–H and O–H groups in total. The Morgan fingerprint density at radius 3 is 2.10 bits per heavy atom. The highest BCUT2D eigenvalue weighted by atomic mass is 35.5. The van der Waals surface area contributed by atoms with Crippen LogP contribution in [0.2, 0.25) is 5.02 Å². The molecule has 0 atom stereocenters. The highest BCUT2D eigenvalue weighted by Gasteiger charge is 2.20. The summed E-state index contributed by atoms with van der Waals surface area (Å²) in [6.07, 6.45) is 0. The highest BCUT2D eigenvalue weighted by Crippen LogP contribution is 2.19. The minimum atomic E-state index is -3.49. The Labute approximate surface area is 124 Å². The van der Waals surface area contributed by atoms with Gasteiger partial charge in [0, 0.05) is 18.6 Å². The Hall–Kier alpha value is -1.36. The first-order valence-corrected chi connectivity index (χ1v) is 7.99. The van der Waals surface area contributed by atoms with Crippen LogP contribution in [0.25, 0.3) is 0 Å². The lowest BCUT2D eigenvalue weighted by Crippen LogP contribution is -2.26. The predicted octanol–water partition coefficient (Wildman–Crippen LogP) is 3.47. The quantitative estimate of drug-likeness (QED) is 0.867. The van der Waals surface area contributed by atoms with Crippen LogP contribution in [-0.4, -0.2) is 19.8 Å². The van der Waals surface area contributed by atoms with Crippen molar-refractivity contribution < 1.29 is 8.42 Å². The molecule has 0 unspecified atom stereocenters. The van der Waals surface area contributed by atoms with E-state index in [2.05, 4.69) is 0 Å². The van der Waals surface area contributed by atoms with Gasteiger partial charge in [-0.3, -0.25) is 0 Å². The first-order chi connectivity index (χ1) is 9.39. The van der Waals surface area contributed by atoms with E-state index in [0.717, 1.165) is 11.1 Å². The van der Waals surface area contributed by atoms with Crippen molar-refractivity contribution in [3.8, 4) is 0 Å². The van der Waals surface area contributed by atoms with Gasteiger partial charge in [0.2, 0.25) is 10.0 Å². The third-order valence-corrected chi connectivity index (χ3v) is 5.12. The summed E-state index contributed by atoms with van der Waals surface area (Å²) in [6, 6.07) is 14.0. The smallest absolute Gasteiger partial charge is 0.207 e. The Morgan fingerprint density at radius 1 is 1.00 bits per heavy atom. The number of nitrogens with zero attached hydrogens (tertiary/aromatic N) is 1. The molecule has 0 saturated carbocycles. The maximum absolute atomic E-state index is 12.4. The van der Waals surface area contributed by atoms with Gasteiger partial charge in [-0.2, -0.15) is 4.31 Å². The summed E-state index contributed by atoms with van der Waals surface area (Å²) < 4.78 is 26.1. The molecule has 20 heavy (non-hydrogen) atoms. The van der Waals surface area contributed by atoms with Crippen LogP contribution in [0.5, 0.6) is 0 Å². The molecule has 0 saturated heterocycles. The zero-order valence-electron chi connectivity index (χ0n) is 11.4. The van der Waals surface area contributed by atoms with Gasteiger partial charge >= 0.3 is 0 Å². The number of hydrogen-bond donors (Lipinski definition) is 0. The number of hydrogen-bond acceptors (Lipinski definition) is 2. The maximum Gasteiger partial charge on any atom is 0.243 e. The Kier molecular flexibility index (Phi) is 4.48. The van der Waals surface area contributed by atoms with Crippen LogP contribution >= 0.6 is 11.6 Å². The fourth-order valence-electron chi connectivity index (χ4n) is 1.82. The van der Waals surface area contributed by atoms with E-state index in [4.69, 9.17) is 11.6 Å². The molecule has 0 amide bonds. The fourth-order valence-corrected chi connectivity index (χ4v) is 3.11. The van der Waals surface area contributed by atoms with Crippen LogP contribution in [0.4, 0.5) is 0 Å². The molecule has 0 bridgehead atoms. The maximum atomic E-state index is 12.4. The molecule has 2 rings (SSSR count). The minimum Gasteiger partial charge on any atom is -0.207 e. The largest absolute Gasteiger partial charge is 0.243 e. The lowest BCUT2D eigenvalue weighted by Gasteiger charge is -2.17. The van der Waals surface area contributed by atoms with E-state index in [1.807, 2.05) is 31.2 Å². The zero-order valence-corrected chi connectivity index (χ0v) is 12.9. The number of aryl methyl sites for hydroxylation is 1. The fraction of sp³-hybridized carbons (Fsp3) is 0.200. The Morgan fingerprint density at radius 2 is 1.55 bits per heavy atom. The molecule has 0 radical (unpaired) electrons. The van der Waals surface area contributed by atoms with Gasteiger partial charge in [-0.05, 0) is 36.8 Å². The molecule has 0 aliphatic rings. The second-order valence-corrected chi connectivity index (χ2v) is 7.18. The third-order valence-electron chi connectivity index (χ3n) is 3.05. The summed E-state index contributed by atoms with van der Waals surface area (Å²) in [5, 5.41) is 0.519. The van der Waals surface area contributed by atoms with Gasteiger partial charge in [0.1, 0.15) is 0 Å². The Balaban J connectivity index is 2.21. The van der Waals surface area contributed by atoms with E-state index in [9.17, 15) is 8.42 Å². The van der Waals surface area contributed by atoms with Gasteiger partial charge in [-0.1, -0.05) is 41.4 Å². The third kappa shape index (κ3) is 3.39. The van der Waals surface area contributed by atoms with Gasteiger partial charge in [0.25, 0.3) is 0 Å². The van der Waals surface area contributed by atoms with Gasteiger partial charge in [0.15, 0.2) is 0 Å². The average molecular weight is 310 g/mol. The standard InChI is InChI=1S/C15H16ClNO2S/c1-12-3-5-13(6-4-12)11-17(2)20(18,19)15-9-7-14(16)8-10-15/h3-10H,11H2,1-2H3. The summed E-state index contributed by atoms with van der Waals surface area (Å²) >= 11 is 5.78. The molecule has 0 aromatic heterocycles. The second-order valence-electron chi connectivity index (χ2n) is 4.70. The Bertz CT molecular complexity index is 679. The van der Waals surface area contributed by atoms with Crippen molar-refractivity contribution in [2.24, 2.45) is 0 Å². The summed E-state index contributed by atoms with van der Waals surface area (Å²) in [5.41, 5.74) is 2.10. The molecule has 2 aromatic carbocycles. The molecule has 0 fully saturated rings. The van der Waals surface area contributed by atoms with E-state index in [1.165, 1.54) is 16.4 Å². The minimum absolute atomic E-state index is 0.247. The van der Waals surface area contributed by atoms with Gasteiger partial charge in [0.05, 0.1) is 4.90 Å². The van der Waals surface area contributed by atoms with Crippen molar-refractivity contribution >= 4 is 21.6 Å². The molecule has 3 nitrogen and oxygen atoms in total. The second kappa shape index (κ2) is 5.95. The molecule has 0 spiro atoms. The van der Waals surface area contributed by atoms with Crippen molar-refractivity contribution in [2.75, 3.05) is 7.05 Å². The first-order valence-electron chi connectivity index (χ1n) is 6.17. The first kappa shape index (κ1) is 15.0. The van der Waals surface area contributed by atoms with Gasteiger partial charge in [-0.15, -0.1) is 0 Å². The summed E-state index contributed by atoms with van der Waals surface area (Å²) in [5.74, 6) is 0. The molecule has 0 aliphatic heterocycles. The van der Waals surface area contributed by atoms with Crippen molar-refractivity contribution in [3.05, 3.63) is 64.7 Å². The topological polar surface area (TPSA) is 37.4 Å². The number of sulfonamides is 1. The van der Waals surface area contributed by atoms with Gasteiger partial charge in [-0.25, -0.2) is 8.42 Å². The number of halogens is 1. The molecular formula is C15H16ClNO2S. The van der Waals surface area contributed by atoms with Crippen molar-refractivity contribution in [2.45, 2.75) is 18.4 Å². The normalized spacial score (nSPS) is 11.8. The van der Waals surface area contributed by atoms with E-state index in [-0.39, 0.29) is 4.90 Å². The van der Waals surface area contributed by atoms with Crippen molar-refractivity contribution in [1.29, 1.82) is 0 Å². The van der Waals surface area contributed by atoms with E-state index >= 15 is 0 Å². The molecule has 106 valence electrons. The van der Waals surface area contributed by atoms with Crippen LogP contribution in [0.15, 0.2) is 53.4 Å². The van der Waals surface area contributed by atoms with Crippen LogP contribution in [0.3, 0.4) is 0 Å². The molecule has 5 heteroatoms. The van der Waals surface area contributed by atoms with Crippen LogP contribution < -0.4 is 0 Å². The number of rotatable bonds is 4. The zero-order chi connectivity index (χ0) is 14.8. The molecule has 0 heterocycles. The van der Waals surface area contributed by atoms with Crippen LogP contribution in [0, 0.1) is 6.92 Å². The highest BCUT2D eigenvalue weighted by molar-refractivity contribution is 7.89. The number of benzene rings is 2. The lowest BCUT2D eigenvalue weighted by molar-refractivity contribution is 0.466. The van der Waals surface area contributed by atoms with E-state index < -0.39 is 10.0 Å². The van der Waals surface area contributed by atoms with Gasteiger partial charge < -0.3 is 0 Å². The summed E-state index contributed by atoms with van der Waals surface area (Å²) in [4.78, 5) is 0.247. The van der Waals surface area contributed by atoms with E-state index in [0.29, 0.717) is 11.6 Å². The van der Waals surface area contributed by atoms with Crippen molar-refractivity contribution in [1.82, 2.24) is 4.31 Å². The average Bonchev–Trinajstić information content (AvgIpc) is 2.42. The lowest BCUT2D eigenvalue weighted by atomic mass is 10.1.